The van der Waals surface area contributed by atoms with E-state index < -0.39 is 23.4 Å². The van der Waals surface area contributed by atoms with Crippen LogP contribution in [0.2, 0.25) is 0 Å². The van der Waals surface area contributed by atoms with Crippen LogP contribution in [-0.4, -0.2) is 72.7 Å². The van der Waals surface area contributed by atoms with Gasteiger partial charge in [-0.25, -0.2) is 4.79 Å². The van der Waals surface area contributed by atoms with E-state index in [9.17, 15) is 19.5 Å². The molecule has 2 aliphatic rings. The molecule has 10 nitrogen and oxygen atoms in total. The average Bonchev–Trinajstić information content (AvgIpc) is 3.04. The van der Waals surface area contributed by atoms with E-state index in [0.717, 1.165) is 10.7 Å². The van der Waals surface area contributed by atoms with E-state index in [1.54, 1.807) is 50.4 Å². The number of methoxy groups -OCH3 is 1. The van der Waals surface area contributed by atoms with Crippen molar-refractivity contribution in [1.29, 1.82) is 0 Å². The van der Waals surface area contributed by atoms with Crippen LogP contribution in [0.4, 0.5) is 10.5 Å². The minimum atomic E-state index is -1.29. The van der Waals surface area contributed by atoms with E-state index in [-0.39, 0.29) is 12.3 Å². The van der Waals surface area contributed by atoms with Crippen LogP contribution in [0.25, 0.3) is 0 Å². The molecular formula is C23H27N5O5. The predicted molar refractivity (Wildman–Crippen MR) is 121 cm³/mol. The molecule has 2 aromatic rings. The number of imide groups is 1. The predicted octanol–water partition coefficient (Wildman–Crippen LogP) is 1.02. The number of para-hydroxylation sites is 2. The maximum atomic E-state index is 13.0. The summed E-state index contributed by atoms with van der Waals surface area (Å²) in [7, 11) is 1.54. The molecule has 4 rings (SSSR count). The molecule has 4 amide bonds. The van der Waals surface area contributed by atoms with Crippen LogP contribution in [0, 0.1) is 0 Å². The molecule has 3 N–H and O–H groups in total. The molecule has 0 saturated carbocycles. The fraction of sp³-hybridized carbons (Fsp3) is 0.348. The summed E-state index contributed by atoms with van der Waals surface area (Å²) in [5.41, 5.74) is 2.49. The number of urea groups is 1. The molecule has 2 aromatic carbocycles. The molecule has 2 saturated heterocycles. The number of ether oxygens (including phenoxy) is 1. The lowest BCUT2D eigenvalue weighted by atomic mass is 9.92. The number of hydrogen-bond donors (Lipinski definition) is 3. The van der Waals surface area contributed by atoms with Gasteiger partial charge in [0, 0.05) is 26.2 Å². The van der Waals surface area contributed by atoms with Gasteiger partial charge >= 0.3 is 6.03 Å². The number of carbonyl (C=O) groups is 3. The molecule has 2 fully saturated rings. The van der Waals surface area contributed by atoms with E-state index in [1.165, 1.54) is 0 Å². The summed E-state index contributed by atoms with van der Waals surface area (Å²) in [5, 5.41) is 13.4. The average molecular weight is 453 g/mol. The third-order valence-corrected chi connectivity index (χ3v) is 6.06. The number of benzene rings is 2. The second-order valence-corrected chi connectivity index (χ2v) is 8.21. The second kappa shape index (κ2) is 8.99. The van der Waals surface area contributed by atoms with Crippen LogP contribution in [0.1, 0.15) is 12.5 Å². The number of aromatic hydroxyl groups is 1. The monoisotopic (exact) mass is 453 g/mol. The molecule has 2 aliphatic heterocycles. The van der Waals surface area contributed by atoms with Crippen LogP contribution >= 0.6 is 0 Å². The number of phenols is 1. The smallest absolute Gasteiger partial charge is 0.344 e. The van der Waals surface area contributed by atoms with Gasteiger partial charge in [-0.2, -0.15) is 5.01 Å². The first-order valence-electron chi connectivity index (χ1n) is 10.7. The van der Waals surface area contributed by atoms with E-state index in [1.807, 2.05) is 17.0 Å². The van der Waals surface area contributed by atoms with Crippen LogP contribution in [0.5, 0.6) is 11.5 Å². The minimum absolute atomic E-state index is 0.0465. The lowest BCUT2D eigenvalue weighted by molar-refractivity contribution is -0.139. The Morgan fingerprint density at radius 3 is 2.39 bits per heavy atom. The van der Waals surface area contributed by atoms with Crippen molar-refractivity contribution >= 4 is 23.5 Å². The standard InChI is InChI=1S/C23H27N5O5/c1-23(16-7-9-17(33-2)10-8-16)21(31)28(22(32)24-23)25-20(30)15-26-11-13-27(14-12-26)18-5-3-4-6-19(18)29/h3-10,29H,11-15H2,1-2H3,(H,24,32)(H,25,30). The van der Waals surface area contributed by atoms with Gasteiger partial charge in [-0.05, 0) is 36.8 Å². The first kappa shape index (κ1) is 22.4. The maximum Gasteiger partial charge on any atom is 0.344 e. The molecule has 10 heteroatoms. The fourth-order valence-corrected chi connectivity index (χ4v) is 4.10. The molecule has 0 aromatic heterocycles. The van der Waals surface area contributed by atoms with Crippen molar-refractivity contribution in [3.63, 3.8) is 0 Å². The highest BCUT2D eigenvalue weighted by molar-refractivity contribution is 6.08. The van der Waals surface area contributed by atoms with E-state index in [2.05, 4.69) is 15.6 Å². The lowest BCUT2D eigenvalue weighted by Gasteiger charge is -2.36. The van der Waals surface area contributed by atoms with Crippen LogP contribution in [0.3, 0.4) is 0 Å². The van der Waals surface area contributed by atoms with Crippen molar-refractivity contribution in [1.82, 2.24) is 20.7 Å². The van der Waals surface area contributed by atoms with Crippen molar-refractivity contribution in [3.8, 4) is 11.5 Å². The number of anilines is 1. The summed E-state index contributed by atoms with van der Waals surface area (Å²) in [6, 6.07) is 13.3. The third kappa shape index (κ3) is 4.42. The van der Waals surface area contributed by atoms with E-state index in [0.29, 0.717) is 37.5 Å². The normalized spacial score (nSPS) is 21.2. The third-order valence-electron chi connectivity index (χ3n) is 6.06. The Bertz CT molecular complexity index is 1050. The van der Waals surface area contributed by atoms with Crippen LogP contribution < -0.4 is 20.4 Å². The Kier molecular flexibility index (Phi) is 6.10. The highest BCUT2D eigenvalue weighted by Gasteiger charge is 2.50. The molecule has 0 spiro atoms. The number of amides is 4. The number of rotatable bonds is 6. The summed E-state index contributed by atoms with van der Waals surface area (Å²) < 4.78 is 5.14. The molecule has 1 atom stereocenters. The molecule has 0 bridgehead atoms. The number of carbonyl (C=O) groups excluding carboxylic acids is 3. The molecule has 33 heavy (non-hydrogen) atoms. The highest BCUT2D eigenvalue weighted by Crippen LogP contribution is 2.29. The number of phenolic OH excluding ortho intramolecular Hbond substituents is 1. The van der Waals surface area contributed by atoms with E-state index in [4.69, 9.17) is 4.74 Å². The zero-order valence-electron chi connectivity index (χ0n) is 18.6. The van der Waals surface area contributed by atoms with Crippen molar-refractivity contribution in [2.24, 2.45) is 0 Å². The number of nitrogens with zero attached hydrogens (tertiary/aromatic N) is 3. The Balaban J connectivity index is 1.33. The van der Waals surface area contributed by atoms with Crippen molar-refractivity contribution < 1.29 is 24.2 Å². The van der Waals surface area contributed by atoms with Gasteiger partial charge in [-0.1, -0.05) is 24.3 Å². The SMILES string of the molecule is COc1ccc(C2(C)NC(=O)N(NC(=O)CN3CCN(c4ccccc4O)CC3)C2=O)cc1. The minimum Gasteiger partial charge on any atom is -0.506 e. The van der Waals surface area contributed by atoms with Gasteiger partial charge in [0.1, 0.15) is 17.0 Å². The van der Waals surface area contributed by atoms with Crippen molar-refractivity contribution in [3.05, 3.63) is 54.1 Å². The zero-order chi connectivity index (χ0) is 23.6. The van der Waals surface area contributed by atoms with Gasteiger partial charge in [-0.3, -0.25) is 19.9 Å². The summed E-state index contributed by atoms with van der Waals surface area (Å²) in [4.78, 5) is 42.1. The van der Waals surface area contributed by atoms with Crippen molar-refractivity contribution in [2.75, 3.05) is 44.7 Å². The first-order chi connectivity index (χ1) is 15.8. The summed E-state index contributed by atoms with van der Waals surface area (Å²) >= 11 is 0. The Morgan fingerprint density at radius 1 is 1.09 bits per heavy atom. The number of nitrogens with one attached hydrogen (secondary N) is 2. The van der Waals surface area contributed by atoms with Crippen molar-refractivity contribution in [2.45, 2.75) is 12.5 Å². The molecule has 1 unspecified atom stereocenters. The summed E-state index contributed by atoms with van der Waals surface area (Å²) in [6.45, 7) is 4.13. The first-order valence-corrected chi connectivity index (χ1v) is 10.7. The number of hydrogen-bond acceptors (Lipinski definition) is 7. The summed E-state index contributed by atoms with van der Waals surface area (Å²) in [5.74, 6) is -0.155. The summed E-state index contributed by atoms with van der Waals surface area (Å²) in [6.07, 6.45) is 0. The van der Waals surface area contributed by atoms with Gasteiger partial charge in [0.2, 0.25) is 0 Å². The Labute approximate surface area is 191 Å². The second-order valence-electron chi connectivity index (χ2n) is 8.21. The highest BCUT2D eigenvalue weighted by atomic mass is 16.5. The van der Waals surface area contributed by atoms with Gasteiger partial charge in [0.05, 0.1) is 19.3 Å². The lowest BCUT2D eigenvalue weighted by Crippen LogP contribution is -2.53. The van der Waals surface area contributed by atoms with Gasteiger partial charge in [0.15, 0.2) is 0 Å². The van der Waals surface area contributed by atoms with Crippen LogP contribution in [0.15, 0.2) is 48.5 Å². The van der Waals surface area contributed by atoms with E-state index >= 15 is 0 Å². The molecule has 174 valence electrons. The number of piperazine rings is 1. The molecule has 2 heterocycles. The van der Waals surface area contributed by atoms with Gasteiger partial charge < -0.3 is 20.1 Å². The molecular weight excluding hydrogens is 426 g/mol. The van der Waals surface area contributed by atoms with Crippen LogP contribution in [-0.2, 0) is 15.1 Å². The Hall–Kier alpha value is -3.79. The fourth-order valence-electron chi connectivity index (χ4n) is 4.10. The topological polar surface area (TPSA) is 114 Å². The quantitative estimate of drug-likeness (QED) is 0.560. The number of hydrazine groups is 1. The molecule has 0 radical (unpaired) electrons. The maximum absolute atomic E-state index is 13.0. The molecule has 0 aliphatic carbocycles. The largest absolute Gasteiger partial charge is 0.506 e. The zero-order valence-corrected chi connectivity index (χ0v) is 18.6. The van der Waals surface area contributed by atoms with Gasteiger partial charge in [0.25, 0.3) is 11.8 Å². The van der Waals surface area contributed by atoms with Gasteiger partial charge in [-0.15, -0.1) is 0 Å². The Morgan fingerprint density at radius 2 is 1.76 bits per heavy atom.